The number of thiazole rings is 1. The summed E-state index contributed by atoms with van der Waals surface area (Å²) in [6.45, 7) is 1.39. The number of aromatic hydroxyl groups is 2. The topological polar surface area (TPSA) is 307 Å². The van der Waals surface area contributed by atoms with E-state index in [4.69, 9.17) is 22.2 Å². The summed E-state index contributed by atoms with van der Waals surface area (Å²) in [6, 6.07) is -0.0958. The van der Waals surface area contributed by atoms with Crippen LogP contribution in [0.25, 0.3) is 0 Å². The van der Waals surface area contributed by atoms with Crippen LogP contribution in [0, 0.1) is 0 Å². The van der Waals surface area contributed by atoms with E-state index < -0.39 is 92.1 Å². The Kier molecular flexibility index (Phi) is 10.2. The van der Waals surface area contributed by atoms with E-state index in [1.807, 2.05) is 0 Å². The van der Waals surface area contributed by atoms with Gasteiger partial charge in [-0.25, -0.2) is 24.4 Å². The molecule has 5 amide bonds. The van der Waals surface area contributed by atoms with Gasteiger partial charge in [0, 0.05) is 18.1 Å². The minimum absolute atomic E-state index is 0.0582. The van der Waals surface area contributed by atoms with Crippen molar-refractivity contribution in [2.75, 3.05) is 31.9 Å². The molecule has 5 rings (SSSR count). The number of nitrogens with one attached hydrogen (secondary N) is 2. The van der Waals surface area contributed by atoms with E-state index in [0.717, 1.165) is 51.4 Å². The zero-order valence-electron chi connectivity index (χ0n) is 26.8. The van der Waals surface area contributed by atoms with Gasteiger partial charge in [-0.05, 0) is 26.0 Å². The fraction of sp³-hybridized carbons (Fsp3) is 0.357. The number of anilines is 1. The number of nitrogen functional groups attached to an aromatic ring is 1. The lowest BCUT2D eigenvalue weighted by Crippen LogP contribution is -2.68. The summed E-state index contributed by atoms with van der Waals surface area (Å²) in [5, 5.41) is 52.1. The number of nitrogens with zero attached hydrogens (tertiary/aromatic N) is 6. The van der Waals surface area contributed by atoms with Crippen LogP contribution in [-0.4, -0.2) is 142 Å². The number of urea groups is 1. The number of fused-ring (bicyclic) bond motifs is 1. The number of carboxylic acids is 2. The molecular formula is C28H28ClN9O12S2. The standard InChI is InChI=1S/C28H28ClN9O12S2/c1-27(2,23(45)46)50-35-15(12-9-51-25(30)33-12)19(42)34-16-21(44)36-10-28(24(47)48,52-22(16)36)37-7-8-38(26(37)49)32-6-5-31-20(43)17(40)11-3-4-13(39)18(41)14(11)29/h3-4,6,9,16,22,39,41H,5,7-8,10H2,1-2H3,(H2,30,33)(H,31,43)(H,34,42)(H,45,46)(H,47,48)/b32-6+,35-15-/t16-,22-,28-/m1/s1. The first-order chi connectivity index (χ1) is 24.4. The number of rotatable bonds is 13. The number of hydrogen-bond donors (Lipinski definition) is 7. The number of amides is 5. The number of phenolic OH excluding ortho intramolecular Hbond substituents is 2. The first kappa shape index (κ1) is 37.6. The van der Waals surface area contributed by atoms with Gasteiger partial charge in [0.1, 0.15) is 17.1 Å². The first-order valence-electron chi connectivity index (χ1n) is 14.8. The van der Waals surface area contributed by atoms with Crippen molar-refractivity contribution in [3.63, 3.8) is 0 Å². The fourth-order valence-electron chi connectivity index (χ4n) is 4.99. The molecule has 1 aromatic heterocycles. The third-order valence-corrected chi connectivity index (χ3v) is 10.6. The summed E-state index contributed by atoms with van der Waals surface area (Å²) >= 11 is 7.53. The molecule has 21 nitrogen and oxygen atoms in total. The number of phenols is 2. The minimum atomic E-state index is -1.98. The van der Waals surface area contributed by atoms with Crippen LogP contribution in [0.2, 0.25) is 5.02 Å². The van der Waals surface area contributed by atoms with E-state index in [-0.39, 0.29) is 36.0 Å². The Morgan fingerprint density at radius 3 is 2.52 bits per heavy atom. The summed E-state index contributed by atoms with van der Waals surface area (Å²) in [6.07, 6.45) is 1.08. The molecule has 8 N–H and O–H groups in total. The highest BCUT2D eigenvalue weighted by atomic mass is 35.5. The van der Waals surface area contributed by atoms with Crippen LogP contribution in [0.15, 0.2) is 27.8 Å². The molecule has 0 unspecified atom stereocenters. The van der Waals surface area contributed by atoms with Crippen molar-refractivity contribution in [2.45, 2.75) is 35.7 Å². The summed E-state index contributed by atoms with van der Waals surface area (Å²) in [5.74, 6) is -8.11. The van der Waals surface area contributed by atoms with Crippen molar-refractivity contribution in [3.05, 3.63) is 33.8 Å². The van der Waals surface area contributed by atoms with Crippen LogP contribution in [0.5, 0.6) is 11.5 Å². The third-order valence-electron chi connectivity index (χ3n) is 7.87. The lowest BCUT2D eigenvalue weighted by Gasteiger charge is -2.41. The van der Waals surface area contributed by atoms with Crippen molar-refractivity contribution in [1.82, 2.24) is 30.4 Å². The average Bonchev–Trinajstić information content (AvgIpc) is 3.80. The van der Waals surface area contributed by atoms with Gasteiger partial charge in [0.2, 0.25) is 16.4 Å². The molecule has 0 bridgehead atoms. The molecule has 0 aliphatic carbocycles. The predicted octanol–water partition coefficient (Wildman–Crippen LogP) is -0.723. The quantitative estimate of drug-likeness (QED) is 0.0329. The molecular weight excluding hydrogens is 754 g/mol. The fourth-order valence-corrected chi connectivity index (χ4v) is 7.42. The number of thioether (sulfide) groups is 1. The maximum Gasteiger partial charge on any atom is 0.350 e. The smallest absolute Gasteiger partial charge is 0.350 e. The molecule has 4 heterocycles. The van der Waals surface area contributed by atoms with Gasteiger partial charge in [-0.1, -0.05) is 28.5 Å². The molecule has 52 heavy (non-hydrogen) atoms. The Hall–Kier alpha value is -5.68. The molecule has 276 valence electrons. The van der Waals surface area contributed by atoms with Crippen LogP contribution in [-0.2, 0) is 28.8 Å². The Balaban J connectivity index is 1.23. The molecule has 3 saturated heterocycles. The van der Waals surface area contributed by atoms with Crippen LogP contribution >= 0.6 is 34.7 Å². The number of Topliss-reactive ketones (excluding diaryl/α,β-unsaturated/α-hetero) is 1. The Labute approximate surface area is 305 Å². The van der Waals surface area contributed by atoms with Crippen molar-refractivity contribution in [2.24, 2.45) is 10.3 Å². The van der Waals surface area contributed by atoms with Gasteiger partial charge < -0.3 is 46.5 Å². The van der Waals surface area contributed by atoms with Gasteiger partial charge in [-0.3, -0.25) is 24.1 Å². The number of carbonyl (C=O) groups is 7. The van der Waals surface area contributed by atoms with Gasteiger partial charge in [-0.2, -0.15) is 5.10 Å². The average molecular weight is 782 g/mol. The van der Waals surface area contributed by atoms with Crippen molar-refractivity contribution >= 4 is 93.2 Å². The second-order valence-electron chi connectivity index (χ2n) is 11.6. The molecule has 0 radical (unpaired) electrons. The van der Waals surface area contributed by atoms with E-state index in [1.165, 1.54) is 24.1 Å². The number of ketones is 1. The lowest BCUT2D eigenvalue weighted by atomic mass is 10.1. The zero-order chi connectivity index (χ0) is 38.3. The molecule has 1 aromatic carbocycles. The van der Waals surface area contributed by atoms with Gasteiger partial charge in [-0.15, -0.1) is 11.3 Å². The summed E-state index contributed by atoms with van der Waals surface area (Å²) in [5.41, 5.74) is 2.90. The maximum absolute atomic E-state index is 13.3. The number of carbonyl (C=O) groups excluding carboxylic acids is 5. The number of carboxylic acid groups (broad SMARTS) is 2. The van der Waals surface area contributed by atoms with E-state index in [2.05, 4.69) is 25.9 Å². The lowest BCUT2D eigenvalue weighted by molar-refractivity contribution is -0.161. The van der Waals surface area contributed by atoms with Gasteiger partial charge in [0.05, 0.1) is 30.2 Å². The summed E-state index contributed by atoms with van der Waals surface area (Å²) in [7, 11) is 0. The molecule has 0 saturated carbocycles. The predicted molar refractivity (Wildman–Crippen MR) is 181 cm³/mol. The highest BCUT2D eigenvalue weighted by Gasteiger charge is 2.66. The molecule has 3 atom stereocenters. The van der Waals surface area contributed by atoms with Crippen molar-refractivity contribution < 1.29 is 58.8 Å². The number of halogens is 1. The number of aromatic nitrogens is 1. The molecule has 3 aliphatic rings. The number of β-lactam (4-membered cyclic amide) rings is 1. The van der Waals surface area contributed by atoms with E-state index in [1.54, 1.807) is 0 Å². The van der Waals surface area contributed by atoms with E-state index in [9.17, 15) is 54.0 Å². The second-order valence-corrected chi connectivity index (χ2v) is 14.3. The second kappa shape index (κ2) is 14.1. The molecule has 0 spiro atoms. The van der Waals surface area contributed by atoms with Gasteiger partial charge in [0.25, 0.3) is 17.6 Å². The Morgan fingerprint density at radius 1 is 1.17 bits per heavy atom. The zero-order valence-corrected chi connectivity index (χ0v) is 29.2. The first-order valence-corrected chi connectivity index (χ1v) is 16.9. The summed E-state index contributed by atoms with van der Waals surface area (Å²) in [4.78, 5) is 98.0. The molecule has 3 aliphatic heterocycles. The number of hydrogen-bond acceptors (Lipinski definition) is 16. The van der Waals surface area contributed by atoms with Crippen molar-refractivity contribution in [3.8, 4) is 11.5 Å². The molecule has 2 aromatic rings. The molecule has 3 fully saturated rings. The third kappa shape index (κ3) is 6.83. The Bertz CT molecular complexity index is 1960. The van der Waals surface area contributed by atoms with Gasteiger partial charge in [0.15, 0.2) is 22.3 Å². The van der Waals surface area contributed by atoms with E-state index >= 15 is 0 Å². The number of nitrogens with two attached hydrogens (primary N) is 1. The largest absolute Gasteiger partial charge is 0.504 e. The Morgan fingerprint density at radius 2 is 1.88 bits per heavy atom. The highest BCUT2D eigenvalue weighted by Crippen LogP contribution is 2.49. The van der Waals surface area contributed by atoms with Gasteiger partial charge >= 0.3 is 18.0 Å². The van der Waals surface area contributed by atoms with E-state index in [0.29, 0.717) is 0 Å². The SMILES string of the molecule is CC(C)(O/N=C(\C(=O)N[C@@H]1C(=O)N2C[C@@](C(=O)O)(N3CCN(/N=C/CNC(=O)C(=O)c4ccc(O)c(O)c4Cl)C3=O)S[C@H]12)c1csc(N)n1)C(=O)O. The normalized spacial score (nSPS) is 21.6. The van der Waals surface area contributed by atoms with Crippen LogP contribution in [0.4, 0.5) is 9.93 Å². The van der Waals surface area contributed by atoms with Crippen molar-refractivity contribution in [1.29, 1.82) is 0 Å². The monoisotopic (exact) mass is 781 g/mol. The number of oxime groups is 1. The number of aliphatic carboxylic acids is 2. The minimum Gasteiger partial charge on any atom is -0.504 e. The maximum atomic E-state index is 13.3. The van der Waals surface area contributed by atoms with Crippen LogP contribution in [0.3, 0.4) is 0 Å². The highest BCUT2D eigenvalue weighted by molar-refractivity contribution is 8.02. The number of hydrazone groups is 1. The van der Waals surface area contributed by atoms with Crippen LogP contribution < -0.4 is 16.4 Å². The molecule has 24 heteroatoms. The number of benzene rings is 1. The van der Waals surface area contributed by atoms with Crippen LogP contribution in [0.1, 0.15) is 29.9 Å². The summed E-state index contributed by atoms with van der Waals surface area (Å²) < 4.78 is 0.